The van der Waals surface area contributed by atoms with E-state index in [-0.39, 0.29) is 51.4 Å². The fourth-order valence-electron chi connectivity index (χ4n) is 0. The summed E-state index contributed by atoms with van der Waals surface area (Å²) in [4.78, 5) is 30.2. The van der Waals surface area contributed by atoms with Gasteiger partial charge >= 0.3 is 67.2 Å². The van der Waals surface area contributed by atoms with E-state index in [4.69, 9.17) is 29.2 Å². The second kappa shape index (κ2) is 9.45. The Labute approximate surface area is 112 Å². The SMILES string of the molecule is CC(O)P(=O)(O)O.O=[PH](O)O.[KH]. The predicted octanol–water partition coefficient (Wildman–Crippen LogP) is -1.79. The first kappa shape index (κ1) is 19.5. The second-order valence-electron chi connectivity index (χ2n) is 1.50. The third kappa shape index (κ3) is 22.7. The molecule has 0 aliphatic carbocycles. The number of aliphatic hydroxyl groups is 1. The molecular formula is C2H11KO7P2. The van der Waals surface area contributed by atoms with E-state index in [9.17, 15) is 4.57 Å². The van der Waals surface area contributed by atoms with E-state index in [1.807, 2.05) is 0 Å². The summed E-state index contributed by atoms with van der Waals surface area (Å²) in [6.07, 6.45) is 0. The van der Waals surface area contributed by atoms with E-state index in [1.165, 1.54) is 0 Å². The first-order valence-corrected chi connectivity index (χ1v) is 5.31. The monoisotopic (exact) mass is 248 g/mol. The molecule has 0 fully saturated rings. The third-order valence-electron chi connectivity index (χ3n) is 0.487. The van der Waals surface area contributed by atoms with Crippen LogP contribution in [0, 0.1) is 0 Å². The molecule has 0 saturated heterocycles. The van der Waals surface area contributed by atoms with Crippen molar-refractivity contribution in [1.29, 1.82) is 0 Å². The molecular weight excluding hydrogens is 237 g/mol. The molecule has 1 unspecified atom stereocenters. The van der Waals surface area contributed by atoms with Gasteiger partial charge in [-0.2, -0.15) is 0 Å². The molecule has 0 heterocycles. The van der Waals surface area contributed by atoms with Crippen molar-refractivity contribution in [2.24, 2.45) is 0 Å². The molecule has 12 heavy (non-hydrogen) atoms. The van der Waals surface area contributed by atoms with Crippen molar-refractivity contribution in [3.8, 4) is 0 Å². The van der Waals surface area contributed by atoms with Gasteiger partial charge in [-0.15, -0.1) is 0 Å². The summed E-state index contributed by atoms with van der Waals surface area (Å²) in [5, 5.41) is 8.13. The molecule has 5 N–H and O–H groups in total. The van der Waals surface area contributed by atoms with Gasteiger partial charge in [0.05, 0.1) is 0 Å². The van der Waals surface area contributed by atoms with Gasteiger partial charge in [-0.1, -0.05) is 0 Å². The van der Waals surface area contributed by atoms with Crippen molar-refractivity contribution in [2.75, 3.05) is 0 Å². The van der Waals surface area contributed by atoms with Gasteiger partial charge in [-0.05, 0) is 6.92 Å². The van der Waals surface area contributed by atoms with Crippen molar-refractivity contribution >= 4 is 67.2 Å². The summed E-state index contributed by atoms with van der Waals surface area (Å²) < 4.78 is 18.5. The molecule has 0 saturated carbocycles. The summed E-state index contributed by atoms with van der Waals surface area (Å²) in [5.41, 5.74) is 0. The molecule has 0 aromatic rings. The van der Waals surface area contributed by atoms with Crippen LogP contribution in [-0.4, -0.2) is 81.9 Å². The van der Waals surface area contributed by atoms with Crippen molar-refractivity contribution in [3.05, 3.63) is 0 Å². The Morgan fingerprint density at radius 3 is 1.42 bits per heavy atom. The van der Waals surface area contributed by atoms with Crippen molar-refractivity contribution < 1.29 is 33.8 Å². The first-order chi connectivity index (χ1) is 4.68. The predicted molar refractivity (Wildman–Crippen MR) is 44.3 cm³/mol. The van der Waals surface area contributed by atoms with Crippen LogP contribution in [0.1, 0.15) is 6.92 Å². The molecule has 72 valence electrons. The van der Waals surface area contributed by atoms with E-state index in [0.717, 1.165) is 6.92 Å². The van der Waals surface area contributed by atoms with Gasteiger partial charge < -0.3 is 24.7 Å². The van der Waals surface area contributed by atoms with Crippen LogP contribution in [0.2, 0.25) is 0 Å². The van der Waals surface area contributed by atoms with Crippen LogP contribution in [0.5, 0.6) is 0 Å². The average Bonchev–Trinajstić information content (AvgIpc) is 1.59. The van der Waals surface area contributed by atoms with E-state index in [0.29, 0.717) is 0 Å². The van der Waals surface area contributed by atoms with E-state index in [2.05, 4.69) is 0 Å². The van der Waals surface area contributed by atoms with Crippen LogP contribution in [0.4, 0.5) is 0 Å². The van der Waals surface area contributed by atoms with Crippen LogP contribution in [0.3, 0.4) is 0 Å². The number of aliphatic hydroxyl groups excluding tert-OH is 1. The van der Waals surface area contributed by atoms with Crippen LogP contribution in [0.15, 0.2) is 0 Å². The molecule has 0 aromatic heterocycles. The standard InChI is InChI=1S/C2H7O4P.K.H3O3P.H/c1-2(3)7(4,5)6;;1-4(2)3;/h2-3H,1H3,(H2,4,5,6);;4H,(H2,1,2,3);. The summed E-state index contributed by atoms with van der Waals surface area (Å²) >= 11 is 0. The minimum atomic E-state index is -4.18. The molecule has 7 nitrogen and oxygen atoms in total. The molecule has 0 aliphatic heterocycles. The minimum absolute atomic E-state index is 0. The molecule has 0 spiro atoms. The summed E-state index contributed by atoms with van der Waals surface area (Å²) in [6.45, 7) is 1.04. The summed E-state index contributed by atoms with van der Waals surface area (Å²) in [7, 11) is -7.31. The van der Waals surface area contributed by atoms with Crippen LogP contribution >= 0.6 is 15.9 Å². The topological polar surface area (TPSA) is 135 Å². The van der Waals surface area contributed by atoms with Gasteiger partial charge in [0.15, 0.2) is 5.85 Å². The molecule has 0 aliphatic rings. The normalized spacial score (nSPS) is 12.6. The van der Waals surface area contributed by atoms with Crippen molar-refractivity contribution in [1.82, 2.24) is 0 Å². The number of hydrogen-bond donors (Lipinski definition) is 5. The Morgan fingerprint density at radius 2 is 1.42 bits per heavy atom. The Morgan fingerprint density at radius 1 is 1.33 bits per heavy atom. The average molecular weight is 248 g/mol. The van der Waals surface area contributed by atoms with Gasteiger partial charge in [0, 0.05) is 0 Å². The zero-order valence-electron chi connectivity index (χ0n) is 5.58. The molecule has 0 aromatic carbocycles. The Bertz CT molecular complexity index is 159. The number of rotatable bonds is 1. The molecule has 0 radical (unpaired) electrons. The van der Waals surface area contributed by atoms with E-state index in [1.54, 1.807) is 0 Å². The van der Waals surface area contributed by atoms with Gasteiger partial charge in [0.1, 0.15) is 0 Å². The molecule has 10 heteroatoms. The van der Waals surface area contributed by atoms with E-state index < -0.39 is 21.7 Å². The molecule has 0 rings (SSSR count). The summed E-state index contributed by atoms with van der Waals surface area (Å²) in [6, 6.07) is 0. The molecule has 1 atom stereocenters. The van der Waals surface area contributed by atoms with E-state index >= 15 is 0 Å². The quantitative estimate of drug-likeness (QED) is 0.273. The van der Waals surface area contributed by atoms with Crippen LogP contribution < -0.4 is 0 Å². The fourth-order valence-corrected chi connectivity index (χ4v) is 0. The maximum absolute atomic E-state index is 9.78. The van der Waals surface area contributed by atoms with Gasteiger partial charge in [-0.25, -0.2) is 0 Å². The van der Waals surface area contributed by atoms with Gasteiger partial charge in [0.25, 0.3) is 0 Å². The number of hydrogen-bond acceptors (Lipinski definition) is 3. The Balaban J connectivity index is -0.000000142. The first-order valence-electron chi connectivity index (χ1n) is 2.33. The van der Waals surface area contributed by atoms with Crippen molar-refractivity contribution in [3.63, 3.8) is 0 Å². The fraction of sp³-hybridized carbons (Fsp3) is 1.00. The molecule has 0 bridgehead atoms. The zero-order chi connectivity index (χ0) is 9.65. The maximum atomic E-state index is 9.78. The Kier molecular flexibility index (Phi) is 15.3. The zero-order valence-corrected chi connectivity index (χ0v) is 7.47. The third-order valence-corrected chi connectivity index (χ3v) is 1.46. The summed E-state index contributed by atoms with van der Waals surface area (Å²) in [5.74, 6) is -1.53. The van der Waals surface area contributed by atoms with Crippen LogP contribution in [0.25, 0.3) is 0 Å². The van der Waals surface area contributed by atoms with Crippen molar-refractivity contribution in [2.45, 2.75) is 12.8 Å². The van der Waals surface area contributed by atoms with Gasteiger partial charge in [-0.3, -0.25) is 9.13 Å². The molecule has 0 amide bonds. The van der Waals surface area contributed by atoms with Gasteiger partial charge in [0.2, 0.25) is 0 Å². The second-order valence-corrected chi connectivity index (χ2v) is 3.99. The Hall–Kier alpha value is 1.90. The van der Waals surface area contributed by atoms with Crippen LogP contribution in [-0.2, 0) is 9.13 Å².